The molecule has 2 rings (SSSR count). The summed E-state index contributed by atoms with van der Waals surface area (Å²) in [7, 11) is 0. The number of halogens is 3. The molecule has 0 aliphatic rings. The molecular weight excluding hydrogens is 297 g/mol. The predicted molar refractivity (Wildman–Crippen MR) is 78.3 cm³/mol. The van der Waals surface area contributed by atoms with Crippen LogP contribution < -0.4 is 5.32 Å². The van der Waals surface area contributed by atoms with Crippen molar-refractivity contribution in [2.24, 2.45) is 0 Å². The minimum Gasteiger partial charge on any atom is -0.301 e. The summed E-state index contributed by atoms with van der Waals surface area (Å²) in [5.74, 6) is 0. The standard InChI is InChI=1S/C15H17F3N2S/c1-10-9-21-14(19-10)11(2)20-13(8-15(16,17)18)12-6-4-3-5-7-12/h3-7,9,11,13,20H,8H2,1-2H3. The fourth-order valence-electron chi connectivity index (χ4n) is 2.13. The summed E-state index contributed by atoms with van der Waals surface area (Å²) in [6.07, 6.45) is -5.11. The lowest BCUT2D eigenvalue weighted by Gasteiger charge is -2.24. The van der Waals surface area contributed by atoms with Gasteiger partial charge in [0.2, 0.25) is 0 Å². The third kappa shape index (κ3) is 4.82. The fraction of sp³-hybridized carbons (Fsp3) is 0.400. The van der Waals surface area contributed by atoms with Crippen LogP contribution in [0.4, 0.5) is 13.2 Å². The Hall–Kier alpha value is -1.40. The van der Waals surface area contributed by atoms with Crippen LogP contribution in [-0.4, -0.2) is 11.2 Å². The lowest BCUT2D eigenvalue weighted by Crippen LogP contribution is -2.29. The van der Waals surface area contributed by atoms with Gasteiger partial charge in [0.25, 0.3) is 0 Å². The van der Waals surface area contributed by atoms with E-state index in [-0.39, 0.29) is 6.04 Å². The molecule has 2 aromatic rings. The SMILES string of the molecule is Cc1csc(C(C)NC(CC(F)(F)F)c2ccccc2)n1. The number of nitrogens with one attached hydrogen (secondary N) is 1. The van der Waals surface area contributed by atoms with Crippen molar-refractivity contribution in [2.75, 3.05) is 0 Å². The van der Waals surface area contributed by atoms with Gasteiger partial charge < -0.3 is 5.32 Å². The van der Waals surface area contributed by atoms with Crippen LogP contribution in [0.1, 0.15) is 41.7 Å². The molecule has 2 nitrogen and oxygen atoms in total. The van der Waals surface area contributed by atoms with Crippen molar-refractivity contribution in [1.29, 1.82) is 0 Å². The summed E-state index contributed by atoms with van der Waals surface area (Å²) in [4.78, 5) is 4.33. The molecule has 2 atom stereocenters. The van der Waals surface area contributed by atoms with Gasteiger partial charge in [-0.3, -0.25) is 0 Å². The summed E-state index contributed by atoms with van der Waals surface area (Å²) in [5.41, 5.74) is 1.52. The first-order chi connectivity index (χ1) is 9.85. The molecule has 1 N–H and O–H groups in total. The van der Waals surface area contributed by atoms with E-state index in [1.165, 1.54) is 11.3 Å². The number of alkyl halides is 3. The molecular formula is C15H17F3N2S. The van der Waals surface area contributed by atoms with Gasteiger partial charge in [-0.25, -0.2) is 4.98 Å². The highest BCUT2D eigenvalue weighted by atomic mass is 32.1. The third-order valence-corrected chi connectivity index (χ3v) is 4.24. The van der Waals surface area contributed by atoms with E-state index in [1.807, 2.05) is 19.2 Å². The molecule has 0 saturated carbocycles. The zero-order valence-electron chi connectivity index (χ0n) is 11.8. The van der Waals surface area contributed by atoms with Crippen LogP contribution in [0.25, 0.3) is 0 Å². The minimum absolute atomic E-state index is 0.226. The predicted octanol–water partition coefficient (Wildman–Crippen LogP) is 4.80. The molecule has 114 valence electrons. The Morgan fingerprint density at radius 1 is 1.24 bits per heavy atom. The fourth-order valence-corrected chi connectivity index (χ4v) is 2.95. The first-order valence-electron chi connectivity index (χ1n) is 6.65. The zero-order chi connectivity index (χ0) is 15.5. The highest BCUT2D eigenvalue weighted by Crippen LogP contribution is 2.31. The number of hydrogen-bond acceptors (Lipinski definition) is 3. The average molecular weight is 314 g/mol. The van der Waals surface area contributed by atoms with Crippen molar-refractivity contribution in [3.63, 3.8) is 0 Å². The zero-order valence-corrected chi connectivity index (χ0v) is 12.6. The van der Waals surface area contributed by atoms with Crippen LogP contribution in [0.3, 0.4) is 0 Å². The molecule has 0 aliphatic carbocycles. The van der Waals surface area contributed by atoms with Crippen molar-refractivity contribution in [1.82, 2.24) is 10.3 Å². The van der Waals surface area contributed by atoms with E-state index in [4.69, 9.17) is 0 Å². The molecule has 0 aliphatic heterocycles. The molecule has 0 fully saturated rings. The van der Waals surface area contributed by atoms with Gasteiger partial charge in [0.1, 0.15) is 5.01 Å². The number of aromatic nitrogens is 1. The van der Waals surface area contributed by atoms with E-state index in [0.717, 1.165) is 10.7 Å². The number of aryl methyl sites for hydroxylation is 1. The van der Waals surface area contributed by atoms with Gasteiger partial charge in [0, 0.05) is 17.1 Å². The Bertz CT molecular complexity index is 566. The number of benzene rings is 1. The van der Waals surface area contributed by atoms with Crippen LogP contribution in [0, 0.1) is 6.92 Å². The molecule has 1 heterocycles. The molecule has 1 aromatic heterocycles. The van der Waals surface area contributed by atoms with Crippen molar-refractivity contribution >= 4 is 11.3 Å². The van der Waals surface area contributed by atoms with Crippen molar-refractivity contribution in [2.45, 2.75) is 38.5 Å². The number of hydrogen-bond donors (Lipinski definition) is 1. The summed E-state index contributed by atoms with van der Waals surface area (Å²) < 4.78 is 38.4. The van der Waals surface area contributed by atoms with Crippen LogP contribution in [-0.2, 0) is 0 Å². The topological polar surface area (TPSA) is 24.9 Å². The lowest BCUT2D eigenvalue weighted by molar-refractivity contribution is -0.140. The van der Waals surface area contributed by atoms with Crippen LogP contribution in [0.5, 0.6) is 0 Å². The van der Waals surface area contributed by atoms with E-state index >= 15 is 0 Å². The Labute approximate surface area is 126 Å². The molecule has 0 amide bonds. The van der Waals surface area contributed by atoms with E-state index in [0.29, 0.717) is 5.56 Å². The van der Waals surface area contributed by atoms with Gasteiger partial charge in [0.05, 0.1) is 12.5 Å². The normalized spacial score (nSPS) is 14.9. The maximum Gasteiger partial charge on any atom is 0.390 e. The summed E-state index contributed by atoms with van der Waals surface area (Å²) in [5, 5.41) is 5.75. The van der Waals surface area contributed by atoms with Gasteiger partial charge in [-0.15, -0.1) is 11.3 Å². The van der Waals surface area contributed by atoms with Gasteiger partial charge >= 0.3 is 6.18 Å². The van der Waals surface area contributed by atoms with Gasteiger partial charge in [-0.2, -0.15) is 13.2 Å². The lowest BCUT2D eigenvalue weighted by atomic mass is 10.0. The maximum absolute atomic E-state index is 12.8. The number of rotatable bonds is 5. The van der Waals surface area contributed by atoms with Gasteiger partial charge in [-0.1, -0.05) is 30.3 Å². The summed E-state index contributed by atoms with van der Waals surface area (Å²) in [6.45, 7) is 3.71. The molecule has 2 unspecified atom stereocenters. The van der Waals surface area contributed by atoms with E-state index in [1.54, 1.807) is 30.3 Å². The second-order valence-corrected chi connectivity index (χ2v) is 5.89. The Kier molecular flexibility index (Phi) is 5.00. The highest BCUT2D eigenvalue weighted by Gasteiger charge is 2.33. The molecule has 1 aromatic carbocycles. The average Bonchev–Trinajstić information content (AvgIpc) is 2.84. The molecule has 0 bridgehead atoms. The minimum atomic E-state index is -4.22. The van der Waals surface area contributed by atoms with E-state index in [2.05, 4.69) is 10.3 Å². The maximum atomic E-state index is 12.8. The van der Waals surface area contributed by atoms with Gasteiger partial charge in [-0.05, 0) is 19.4 Å². The van der Waals surface area contributed by atoms with Crippen LogP contribution in [0.2, 0.25) is 0 Å². The highest BCUT2D eigenvalue weighted by molar-refractivity contribution is 7.09. The first-order valence-corrected chi connectivity index (χ1v) is 7.53. The molecule has 6 heteroatoms. The second-order valence-electron chi connectivity index (χ2n) is 5.00. The van der Waals surface area contributed by atoms with Crippen LogP contribution in [0.15, 0.2) is 35.7 Å². The molecule has 21 heavy (non-hydrogen) atoms. The Morgan fingerprint density at radius 2 is 1.90 bits per heavy atom. The molecule has 0 saturated heterocycles. The van der Waals surface area contributed by atoms with E-state index in [9.17, 15) is 13.2 Å². The van der Waals surface area contributed by atoms with Crippen molar-refractivity contribution < 1.29 is 13.2 Å². The smallest absolute Gasteiger partial charge is 0.301 e. The third-order valence-electron chi connectivity index (χ3n) is 3.10. The molecule has 0 spiro atoms. The van der Waals surface area contributed by atoms with Crippen molar-refractivity contribution in [3.8, 4) is 0 Å². The van der Waals surface area contributed by atoms with E-state index < -0.39 is 18.6 Å². The van der Waals surface area contributed by atoms with Crippen LogP contribution >= 0.6 is 11.3 Å². The molecule has 0 radical (unpaired) electrons. The Morgan fingerprint density at radius 3 is 2.43 bits per heavy atom. The number of thiazole rings is 1. The number of nitrogens with zero attached hydrogens (tertiary/aromatic N) is 1. The summed E-state index contributed by atoms with van der Waals surface area (Å²) >= 11 is 1.46. The largest absolute Gasteiger partial charge is 0.390 e. The quantitative estimate of drug-likeness (QED) is 0.858. The monoisotopic (exact) mass is 314 g/mol. The second kappa shape index (κ2) is 6.58. The van der Waals surface area contributed by atoms with Gasteiger partial charge in [0.15, 0.2) is 0 Å². The summed E-state index contributed by atoms with van der Waals surface area (Å²) in [6, 6.07) is 7.72. The van der Waals surface area contributed by atoms with Crippen molar-refractivity contribution in [3.05, 3.63) is 52.0 Å². The first kappa shape index (κ1) is 16.0. The Balaban J connectivity index is 2.16.